The van der Waals surface area contributed by atoms with Gasteiger partial charge in [-0.05, 0) is 48.0 Å². The number of benzene rings is 1. The molecule has 1 heterocycles. The molecule has 0 amide bonds. The second-order valence-corrected chi connectivity index (χ2v) is 4.90. The van der Waals surface area contributed by atoms with Crippen molar-refractivity contribution in [3.05, 3.63) is 45.9 Å². The lowest BCUT2D eigenvalue weighted by Crippen LogP contribution is -2.09. The quantitative estimate of drug-likeness (QED) is 0.784. The van der Waals surface area contributed by atoms with E-state index in [-0.39, 0.29) is 24.0 Å². The van der Waals surface area contributed by atoms with Crippen molar-refractivity contribution in [2.45, 2.75) is 13.8 Å². The largest absolute Gasteiger partial charge is 0.462 e. The van der Waals surface area contributed by atoms with Gasteiger partial charge in [0.05, 0.1) is 22.3 Å². The van der Waals surface area contributed by atoms with Crippen molar-refractivity contribution in [1.82, 2.24) is 9.97 Å². The molecular formula is C14H12BrFN2O3. The summed E-state index contributed by atoms with van der Waals surface area (Å²) >= 11 is 3.19. The molecular weight excluding hydrogens is 343 g/mol. The minimum atomic E-state index is -0.482. The van der Waals surface area contributed by atoms with Crippen LogP contribution in [0.3, 0.4) is 0 Å². The predicted molar refractivity (Wildman–Crippen MR) is 76.9 cm³/mol. The zero-order valence-corrected chi connectivity index (χ0v) is 13.0. The normalized spacial score (nSPS) is 10.3. The molecule has 5 nitrogen and oxygen atoms in total. The Labute approximate surface area is 129 Å². The number of rotatable bonds is 4. The van der Waals surface area contributed by atoms with E-state index in [1.165, 1.54) is 24.4 Å². The molecule has 0 aliphatic rings. The minimum absolute atomic E-state index is 0.0628. The van der Waals surface area contributed by atoms with Crippen molar-refractivity contribution in [1.29, 1.82) is 0 Å². The molecule has 1 aromatic heterocycles. The number of hydrogen-bond donors (Lipinski definition) is 0. The highest BCUT2D eigenvalue weighted by Crippen LogP contribution is 2.28. The molecule has 0 bridgehead atoms. The van der Waals surface area contributed by atoms with Crippen LogP contribution in [-0.4, -0.2) is 22.5 Å². The van der Waals surface area contributed by atoms with Gasteiger partial charge in [-0.2, -0.15) is 4.98 Å². The summed E-state index contributed by atoms with van der Waals surface area (Å²) in [7, 11) is 0. The summed E-state index contributed by atoms with van der Waals surface area (Å²) in [6, 6.07) is 4.06. The van der Waals surface area contributed by atoms with Crippen LogP contribution in [0.2, 0.25) is 0 Å². The molecule has 1 aromatic carbocycles. The van der Waals surface area contributed by atoms with Crippen molar-refractivity contribution >= 4 is 21.9 Å². The van der Waals surface area contributed by atoms with E-state index in [9.17, 15) is 9.18 Å². The molecule has 0 saturated heterocycles. The molecule has 110 valence electrons. The van der Waals surface area contributed by atoms with Gasteiger partial charge < -0.3 is 9.47 Å². The summed E-state index contributed by atoms with van der Waals surface area (Å²) in [5, 5.41) is 0. The van der Waals surface area contributed by atoms with Crippen molar-refractivity contribution in [3.63, 3.8) is 0 Å². The first-order valence-electron chi connectivity index (χ1n) is 6.15. The van der Waals surface area contributed by atoms with E-state index in [0.717, 1.165) is 0 Å². The van der Waals surface area contributed by atoms with Crippen molar-refractivity contribution in [2.24, 2.45) is 0 Å². The third kappa shape index (κ3) is 3.75. The van der Waals surface area contributed by atoms with Gasteiger partial charge in [-0.3, -0.25) is 0 Å². The number of hydrogen-bond acceptors (Lipinski definition) is 5. The third-order valence-electron chi connectivity index (χ3n) is 2.55. The summed E-state index contributed by atoms with van der Waals surface area (Å²) in [4.78, 5) is 19.7. The molecule has 0 aliphatic carbocycles. The minimum Gasteiger partial charge on any atom is -0.462 e. The van der Waals surface area contributed by atoms with Gasteiger partial charge in [-0.1, -0.05) is 0 Å². The SMILES string of the molecule is CCOC(=O)c1cnc(Oc2ccc(F)cc2Br)nc1C. The Balaban J connectivity index is 2.22. The number of esters is 1. The molecule has 2 rings (SSSR count). The van der Waals surface area contributed by atoms with Crippen LogP contribution in [0.15, 0.2) is 28.9 Å². The van der Waals surface area contributed by atoms with Gasteiger partial charge in [0.15, 0.2) is 0 Å². The van der Waals surface area contributed by atoms with Gasteiger partial charge in [0.2, 0.25) is 0 Å². The summed E-state index contributed by atoms with van der Waals surface area (Å²) in [6.45, 7) is 3.65. The zero-order valence-electron chi connectivity index (χ0n) is 11.4. The maximum Gasteiger partial charge on any atom is 0.341 e. The Morgan fingerprint density at radius 2 is 2.19 bits per heavy atom. The monoisotopic (exact) mass is 354 g/mol. The lowest BCUT2D eigenvalue weighted by Gasteiger charge is -2.08. The molecule has 0 N–H and O–H groups in total. The summed E-state index contributed by atoms with van der Waals surface area (Å²) in [5.41, 5.74) is 0.721. The van der Waals surface area contributed by atoms with Crippen LogP contribution < -0.4 is 4.74 Å². The van der Waals surface area contributed by atoms with Crippen LogP contribution >= 0.6 is 15.9 Å². The van der Waals surface area contributed by atoms with Crippen molar-refractivity contribution in [3.8, 4) is 11.8 Å². The average molecular weight is 355 g/mol. The first-order chi connectivity index (χ1) is 10.0. The molecule has 7 heteroatoms. The molecule has 21 heavy (non-hydrogen) atoms. The first-order valence-corrected chi connectivity index (χ1v) is 6.94. The summed E-state index contributed by atoms with van der Waals surface area (Å²) in [5.74, 6) is -0.492. The van der Waals surface area contributed by atoms with Crippen LogP contribution in [0.25, 0.3) is 0 Å². The smallest absolute Gasteiger partial charge is 0.341 e. The Bertz CT molecular complexity index is 679. The summed E-state index contributed by atoms with van der Waals surface area (Å²) < 4.78 is 23.8. The lowest BCUT2D eigenvalue weighted by atomic mass is 10.2. The number of aromatic nitrogens is 2. The molecule has 0 fully saturated rings. The fourth-order valence-corrected chi connectivity index (χ4v) is 1.99. The van der Waals surface area contributed by atoms with Crippen LogP contribution in [0, 0.1) is 12.7 Å². The highest BCUT2D eigenvalue weighted by Gasteiger charge is 2.14. The van der Waals surface area contributed by atoms with Gasteiger partial charge in [0.1, 0.15) is 11.6 Å². The average Bonchev–Trinajstić information content (AvgIpc) is 2.42. The molecule has 2 aromatic rings. The van der Waals surface area contributed by atoms with Crippen LogP contribution in [0.4, 0.5) is 4.39 Å². The van der Waals surface area contributed by atoms with E-state index < -0.39 is 5.97 Å². The van der Waals surface area contributed by atoms with E-state index in [0.29, 0.717) is 15.9 Å². The first kappa shape index (κ1) is 15.4. The maximum atomic E-state index is 13.0. The Kier molecular flexibility index (Phi) is 4.85. The molecule has 0 radical (unpaired) electrons. The lowest BCUT2D eigenvalue weighted by molar-refractivity contribution is 0.0524. The Morgan fingerprint density at radius 1 is 1.43 bits per heavy atom. The number of carbonyl (C=O) groups is 1. The fourth-order valence-electron chi connectivity index (χ4n) is 1.56. The second-order valence-electron chi connectivity index (χ2n) is 4.05. The van der Waals surface area contributed by atoms with E-state index >= 15 is 0 Å². The topological polar surface area (TPSA) is 61.3 Å². The second kappa shape index (κ2) is 6.62. The summed E-state index contributed by atoms with van der Waals surface area (Å²) in [6.07, 6.45) is 1.34. The fraction of sp³-hybridized carbons (Fsp3) is 0.214. The Morgan fingerprint density at radius 3 is 2.81 bits per heavy atom. The van der Waals surface area contributed by atoms with Gasteiger partial charge in [-0.25, -0.2) is 14.2 Å². The maximum absolute atomic E-state index is 13.0. The highest BCUT2D eigenvalue weighted by molar-refractivity contribution is 9.10. The molecule has 0 unspecified atom stereocenters. The molecule has 0 atom stereocenters. The van der Waals surface area contributed by atoms with Gasteiger partial charge in [-0.15, -0.1) is 0 Å². The van der Waals surface area contributed by atoms with Crippen molar-refractivity contribution in [2.75, 3.05) is 6.61 Å². The molecule has 0 saturated carbocycles. The van der Waals surface area contributed by atoms with Gasteiger partial charge >= 0.3 is 12.0 Å². The highest BCUT2D eigenvalue weighted by atomic mass is 79.9. The number of nitrogens with zero attached hydrogens (tertiary/aromatic N) is 2. The Hall–Kier alpha value is -2.02. The van der Waals surface area contributed by atoms with Crippen molar-refractivity contribution < 1.29 is 18.7 Å². The van der Waals surface area contributed by atoms with E-state index in [2.05, 4.69) is 25.9 Å². The number of ether oxygens (including phenoxy) is 2. The van der Waals surface area contributed by atoms with Crippen LogP contribution in [-0.2, 0) is 4.74 Å². The van der Waals surface area contributed by atoms with Gasteiger partial charge in [0, 0.05) is 6.20 Å². The molecule has 0 aliphatic heterocycles. The molecule has 0 spiro atoms. The van der Waals surface area contributed by atoms with Gasteiger partial charge in [0.25, 0.3) is 0 Å². The number of carbonyl (C=O) groups excluding carboxylic acids is 1. The van der Waals surface area contributed by atoms with E-state index in [4.69, 9.17) is 9.47 Å². The van der Waals surface area contributed by atoms with E-state index in [1.807, 2.05) is 0 Å². The number of halogens is 2. The van der Waals surface area contributed by atoms with Crippen LogP contribution in [0.5, 0.6) is 11.8 Å². The van der Waals surface area contributed by atoms with E-state index in [1.54, 1.807) is 13.8 Å². The third-order valence-corrected chi connectivity index (χ3v) is 3.17. The predicted octanol–water partition coefficient (Wildman–Crippen LogP) is 3.66. The zero-order chi connectivity index (χ0) is 15.4. The number of aryl methyl sites for hydroxylation is 1. The van der Waals surface area contributed by atoms with Crippen LogP contribution in [0.1, 0.15) is 23.0 Å². The standard InChI is InChI=1S/C14H12BrFN2O3/c1-3-20-13(19)10-7-17-14(18-8(10)2)21-12-5-4-9(16)6-11(12)15/h4-7H,3H2,1-2H3.